The second-order valence-electron chi connectivity index (χ2n) is 5.26. The molecule has 0 amide bonds. The number of methoxy groups -OCH3 is 1. The molecule has 1 aliphatic heterocycles. The molecule has 0 aliphatic carbocycles. The van der Waals surface area contributed by atoms with Crippen LogP contribution in [0.5, 0.6) is 11.5 Å². The Balaban J connectivity index is 1.98. The van der Waals surface area contributed by atoms with Crippen LogP contribution in [-0.2, 0) is 6.54 Å². The van der Waals surface area contributed by atoms with Gasteiger partial charge in [0.15, 0.2) is 17.5 Å². The average Bonchev–Trinajstić information content (AvgIpc) is 2.54. The molecule has 1 aliphatic rings. The number of nitrogens with one attached hydrogen (secondary N) is 2. The van der Waals surface area contributed by atoms with Gasteiger partial charge in [-0.3, -0.25) is 0 Å². The van der Waals surface area contributed by atoms with Crippen LogP contribution in [0, 0.1) is 0 Å². The van der Waals surface area contributed by atoms with Crippen molar-refractivity contribution < 1.29 is 9.84 Å². The van der Waals surface area contributed by atoms with Crippen LogP contribution in [0.25, 0.3) is 0 Å². The van der Waals surface area contributed by atoms with Crippen LogP contribution < -0.4 is 15.4 Å². The summed E-state index contributed by atoms with van der Waals surface area (Å²) < 4.78 is 5.05. The molecule has 1 atom stereocenters. The lowest BCUT2D eigenvalue weighted by Gasteiger charge is -2.24. The van der Waals surface area contributed by atoms with Crippen LogP contribution in [0.1, 0.15) is 25.3 Å². The summed E-state index contributed by atoms with van der Waals surface area (Å²) in [5.41, 5.74) is 0.952. The van der Waals surface area contributed by atoms with E-state index < -0.39 is 0 Å². The Bertz CT molecular complexity index is 502. The summed E-state index contributed by atoms with van der Waals surface area (Å²) in [6.07, 6.45) is 2.45. The summed E-state index contributed by atoms with van der Waals surface area (Å²) in [5, 5.41) is 16.6. The molecule has 1 unspecified atom stereocenters. The molecule has 3 N–H and O–H groups in total. The van der Waals surface area contributed by atoms with Gasteiger partial charge in [0.1, 0.15) is 0 Å². The molecule has 6 heteroatoms. The Morgan fingerprint density at radius 2 is 2.36 bits per heavy atom. The molecular formula is C16H25N3O2S. The van der Waals surface area contributed by atoms with E-state index in [1.165, 1.54) is 18.6 Å². The second kappa shape index (κ2) is 8.78. The lowest BCUT2D eigenvalue weighted by molar-refractivity contribution is 0.373. The molecule has 1 heterocycles. The summed E-state index contributed by atoms with van der Waals surface area (Å²) in [7, 11) is 1.54. The number of rotatable bonds is 5. The van der Waals surface area contributed by atoms with Gasteiger partial charge in [-0.1, -0.05) is 6.07 Å². The van der Waals surface area contributed by atoms with Crippen LogP contribution in [0.4, 0.5) is 0 Å². The largest absolute Gasteiger partial charge is 0.504 e. The molecule has 0 spiro atoms. The molecule has 1 saturated heterocycles. The number of nitrogens with zero attached hydrogens (tertiary/aromatic N) is 1. The van der Waals surface area contributed by atoms with Gasteiger partial charge in [-0.2, -0.15) is 11.8 Å². The minimum Gasteiger partial charge on any atom is -0.504 e. The monoisotopic (exact) mass is 323 g/mol. The first-order valence-electron chi connectivity index (χ1n) is 7.71. The number of hydrogen-bond acceptors (Lipinski definition) is 4. The van der Waals surface area contributed by atoms with E-state index in [4.69, 9.17) is 4.74 Å². The van der Waals surface area contributed by atoms with Crippen molar-refractivity contribution in [1.82, 2.24) is 10.6 Å². The van der Waals surface area contributed by atoms with Crippen LogP contribution in [0.3, 0.4) is 0 Å². The van der Waals surface area contributed by atoms with Gasteiger partial charge in [0.25, 0.3) is 0 Å². The van der Waals surface area contributed by atoms with E-state index in [0.717, 1.165) is 23.8 Å². The number of phenolic OH excluding ortho intramolecular Hbond substituents is 1. The topological polar surface area (TPSA) is 65.9 Å². The maximum atomic E-state index is 9.81. The fourth-order valence-electron chi connectivity index (χ4n) is 2.37. The molecule has 0 radical (unpaired) electrons. The quantitative estimate of drug-likeness (QED) is 0.573. The molecular weight excluding hydrogens is 298 g/mol. The zero-order chi connectivity index (χ0) is 15.8. The van der Waals surface area contributed by atoms with Gasteiger partial charge in [-0.15, -0.1) is 0 Å². The lowest BCUT2D eigenvalue weighted by Crippen LogP contribution is -2.45. The zero-order valence-corrected chi connectivity index (χ0v) is 14.1. The first-order chi connectivity index (χ1) is 10.7. The van der Waals surface area contributed by atoms with E-state index in [2.05, 4.69) is 22.5 Å². The number of hydrogen-bond donors (Lipinski definition) is 3. The van der Waals surface area contributed by atoms with E-state index in [1.54, 1.807) is 19.2 Å². The smallest absolute Gasteiger partial charge is 0.191 e. The van der Waals surface area contributed by atoms with Gasteiger partial charge < -0.3 is 20.5 Å². The van der Waals surface area contributed by atoms with Gasteiger partial charge in [0, 0.05) is 18.3 Å². The van der Waals surface area contributed by atoms with Crippen LogP contribution in [0.15, 0.2) is 23.2 Å². The Morgan fingerprint density at radius 3 is 3.00 bits per heavy atom. The first kappa shape index (κ1) is 16.8. The number of benzene rings is 1. The highest BCUT2D eigenvalue weighted by molar-refractivity contribution is 7.99. The Kier molecular flexibility index (Phi) is 6.71. The Hall–Kier alpha value is -1.56. The molecule has 1 aromatic carbocycles. The SMILES string of the molecule is CCNC(=NCc1ccc(OC)c(O)c1)NC1CCCSC1. The highest BCUT2D eigenvalue weighted by Crippen LogP contribution is 2.26. The minimum atomic E-state index is 0.150. The van der Waals surface area contributed by atoms with Gasteiger partial charge in [-0.25, -0.2) is 4.99 Å². The highest BCUT2D eigenvalue weighted by atomic mass is 32.2. The number of aliphatic imine (C=N–C) groups is 1. The summed E-state index contributed by atoms with van der Waals surface area (Å²) in [4.78, 5) is 4.61. The van der Waals surface area contributed by atoms with E-state index in [9.17, 15) is 5.11 Å². The van der Waals surface area contributed by atoms with Crippen molar-refractivity contribution in [3.05, 3.63) is 23.8 Å². The number of ether oxygens (including phenoxy) is 1. The number of thioether (sulfide) groups is 1. The van der Waals surface area contributed by atoms with E-state index in [0.29, 0.717) is 18.3 Å². The van der Waals surface area contributed by atoms with Gasteiger partial charge >= 0.3 is 0 Å². The molecule has 5 nitrogen and oxygen atoms in total. The molecule has 0 aromatic heterocycles. The van der Waals surface area contributed by atoms with Crippen molar-refractivity contribution in [2.24, 2.45) is 4.99 Å². The third-order valence-electron chi connectivity index (χ3n) is 3.51. The maximum Gasteiger partial charge on any atom is 0.191 e. The number of aromatic hydroxyl groups is 1. The number of guanidine groups is 1. The van der Waals surface area contributed by atoms with Crippen molar-refractivity contribution in [1.29, 1.82) is 0 Å². The van der Waals surface area contributed by atoms with Crippen molar-refractivity contribution in [2.45, 2.75) is 32.4 Å². The third-order valence-corrected chi connectivity index (χ3v) is 4.72. The fraction of sp³-hybridized carbons (Fsp3) is 0.562. The highest BCUT2D eigenvalue weighted by Gasteiger charge is 2.14. The molecule has 22 heavy (non-hydrogen) atoms. The Labute approximate surface area is 136 Å². The fourth-order valence-corrected chi connectivity index (χ4v) is 3.44. The maximum absolute atomic E-state index is 9.81. The molecule has 0 bridgehead atoms. The van der Waals surface area contributed by atoms with E-state index in [1.807, 2.05) is 17.8 Å². The molecule has 0 saturated carbocycles. The summed E-state index contributed by atoms with van der Waals surface area (Å²) in [5.74, 6) is 3.87. The van der Waals surface area contributed by atoms with Gasteiger partial charge in [-0.05, 0) is 43.2 Å². The van der Waals surface area contributed by atoms with Crippen LogP contribution in [0.2, 0.25) is 0 Å². The standard InChI is InChI=1S/C16H25N3O2S/c1-3-17-16(19-13-5-4-8-22-11-13)18-10-12-6-7-15(21-2)14(20)9-12/h6-7,9,13,20H,3-5,8,10-11H2,1-2H3,(H2,17,18,19). The summed E-state index contributed by atoms with van der Waals surface area (Å²) in [6, 6.07) is 5.86. The van der Waals surface area contributed by atoms with Gasteiger partial charge in [0.05, 0.1) is 13.7 Å². The summed E-state index contributed by atoms with van der Waals surface area (Å²) in [6.45, 7) is 3.42. The molecule has 2 rings (SSSR count). The zero-order valence-electron chi connectivity index (χ0n) is 13.3. The van der Waals surface area contributed by atoms with Crippen molar-refractivity contribution >= 4 is 17.7 Å². The minimum absolute atomic E-state index is 0.150. The average molecular weight is 323 g/mol. The van der Waals surface area contributed by atoms with Crippen LogP contribution >= 0.6 is 11.8 Å². The van der Waals surface area contributed by atoms with Crippen molar-refractivity contribution in [3.8, 4) is 11.5 Å². The molecule has 1 aromatic rings. The first-order valence-corrected chi connectivity index (χ1v) is 8.87. The van der Waals surface area contributed by atoms with Gasteiger partial charge in [0.2, 0.25) is 0 Å². The second-order valence-corrected chi connectivity index (χ2v) is 6.41. The lowest BCUT2D eigenvalue weighted by atomic mass is 10.2. The van der Waals surface area contributed by atoms with Crippen LogP contribution in [-0.4, -0.2) is 42.3 Å². The number of phenols is 1. The molecule has 1 fully saturated rings. The van der Waals surface area contributed by atoms with Crippen molar-refractivity contribution in [3.63, 3.8) is 0 Å². The van der Waals surface area contributed by atoms with Crippen molar-refractivity contribution in [2.75, 3.05) is 25.2 Å². The van der Waals surface area contributed by atoms with E-state index >= 15 is 0 Å². The Morgan fingerprint density at radius 1 is 1.50 bits per heavy atom. The predicted octanol–water partition coefficient (Wildman–Crippen LogP) is 2.35. The summed E-state index contributed by atoms with van der Waals surface area (Å²) >= 11 is 1.99. The predicted molar refractivity (Wildman–Crippen MR) is 93.0 cm³/mol. The third kappa shape index (κ3) is 5.02. The molecule has 122 valence electrons. The van der Waals surface area contributed by atoms with E-state index in [-0.39, 0.29) is 5.75 Å². The normalized spacial score (nSPS) is 18.8.